The summed E-state index contributed by atoms with van der Waals surface area (Å²) >= 11 is 1.52. The molecule has 2 heterocycles. The van der Waals surface area contributed by atoms with Crippen LogP contribution in [0.1, 0.15) is 37.7 Å². The number of hydrogen-bond acceptors (Lipinski definition) is 3. The lowest BCUT2D eigenvalue weighted by Gasteiger charge is -2.07. The number of hydrogen-bond donors (Lipinski definition) is 1. The predicted molar refractivity (Wildman–Crippen MR) is 95.9 cm³/mol. The van der Waals surface area contributed by atoms with Crippen LogP contribution in [-0.4, -0.2) is 21.5 Å². The number of benzene rings is 1. The lowest BCUT2D eigenvalue weighted by molar-refractivity contribution is 0.0939. The fraction of sp³-hybridized carbons (Fsp3) is 0.333. The van der Waals surface area contributed by atoms with Crippen molar-refractivity contribution in [2.45, 2.75) is 39.8 Å². The first-order valence-corrected chi connectivity index (χ1v) is 8.83. The summed E-state index contributed by atoms with van der Waals surface area (Å²) in [6.45, 7) is 7.01. The van der Waals surface area contributed by atoms with Crippen molar-refractivity contribution in [3.05, 3.63) is 41.4 Å². The fourth-order valence-corrected chi connectivity index (χ4v) is 3.51. The zero-order valence-electron chi connectivity index (χ0n) is 13.7. The number of rotatable bonds is 5. The molecule has 0 unspecified atom stereocenters. The lowest BCUT2D eigenvalue weighted by Crippen LogP contribution is -2.30. The SMILES string of the molecule is CCCn1c(-c2nc(C(=O)NC(C)C)cs2)cc2ccccc21. The Kier molecular flexibility index (Phi) is 4.48. The molecule has 120 valence electrons. The van der Waals surface area contributed by atoms with Gasteiger partial charge in [-0.3, -0.25) is 4.79 Å². The highest BCUT2D eigenvalue weighted by atomic mass is 32.1. The predicted octanol–water partition coefficient (Wildman–Crippen LogP) is 4.31. The Morgan fingerprint density at radius 2 is 2.13 bits per heavy atom. The number of nitrogens with one attached hydrogen (secondary N) is 1. The molecule has 5 heteroatoms. The van der Waals surface area contributed by atoms with E-state index in [9.17, 15) is 4.79 Å². The molecule has 23 heavy (non-hydrogen) atoms. The third-order valence-corrected chi connectivity index (χ3v) is 4.50. The molecule has 4 nitrogen and oxygen atoms in total. The van der Waals surface area contributed by atoms with Crippen LogP contribution in [0.2, 0.25) is 0 Å². The zero-order chi connectivity index (χ0) is 16.4. The molecule has 1 aromatic carbocycles. The van der Waals surface area contributed by atoms with Crippen molar-refractivity contribution in [1.82, 2.24) is 14.9 Å². The van der Waals surface area contributed by atoms with Crippen LogP contribution >= 0.6 is 11.3 Å². The summed E-state index contributed by atoms with van der Waals surface area (Å²) in [5, 5.41) is 6.82. The summed E-state index contributed by atoms with van der Waals surface area (Å²) in [5.41, 5.74) is 2.79. The van der Waals surface area contributed by atoms with Crippen LogP contribution in [0.15, 0.2) is 35.7 Å². The summed E-state index contributed by atoms with van der Waals surface area (Å²) in [7, 11) is 0. The molecule has 0 spiro atoms. The summed E-state index contributed by atoms with van der Waals surface area (Å²) in [6, 6.07) is 10.6. The Labute approximate surface area is 140 Å². The smallest absolute Gasteiger partial charge is 0.270 e. The standard InChI is InChI=1S/C18H21N3OS/c1-4-9-21-15-8-6-5-7-13(15)10-16(21)18-20-14(11-23-18)17(22)19-12(2)3/h5-8,10-12H,4,9H2,1-3H3,(H,19,22). The van der Waals surface area contributed by atoms with E-state index in [0.717, 1.165) is 23.7 Å². The molecule has 0 radical (unpaired) electrons. The number of aryl methyl sites for hydroxylation is 1. The molecule has 0 aliphatic carbocycles. The van der Waals surface area contributed by atoms with Crippen molar-refractivity contribution in [3.8, 4) is 10.7 Å². The minimum absolute atomic E-state index is 0.110. The van der Waals surface area contributed by atoms with Gasteiger partial charge in [-0.1, -0.05) is 25.1 Å². The van der Waals surface area contributed by atoms with Crippen LogP contribution in [0.3, 0.4) is 0 Å². The van der Waals surface area contributed by atoms with Gasteiger partial charge in [-0.15, -0.1) is 11.3 Å². The number of carbonyl (C=O) groups is 1. The summed E-state index contributed by atoms with van der Waals surface area (Å²) in [5.74, 6) is -0.111. The van der Waals surface area contributed by atoms with Gasteiger partial charge in [-0.05, 0) is 32.4 Å². The Morgan fingerprint density at radius 1 is 1.35 bits per heavy atom. The van der Waals surface area contributed by atoms with Gasteiger partial charge in [0.05, 0.1) is 5.69 Å². The van der Waals surface area contributed by atoms with E-state index in [1.165, 1.54) is 22.2 Å². The van der Waals surface area contributed by atoms with E-state index < -0.39 is 0 Å². The Hall–Kier alpha value is -2.14. The third-order valence-electron chi connectivity index (χ3n) is 3.63. The van der Waals surface area contributed by atoms with Gasteiger partial charge in [0.2, 0.25) is 0 Å². The number of amides is 1. The highest BCUT2D eigenvalue weighted by Gasteiger charge is 2.16. The van der Waals surface area contributed by atoms with Gasteiger partial charge in [-0.2, -0.15) is 0 Å². The first-order valence-electron chi connectivity index (χ1n) is 7.95. The van der Waals surface area contributed by atoms with E-state index in [0.29, 0.717) is 5.69 Å². The van der Waals surface area contributed by atoms with Crippen molar-refractivity contribution in [3.63, 3.8) is 0 Å². The highest BCUT2D eigenvalue weighted by Crippen LogP contribution is 2.30. The maximum atomic E-state index is 12.1. The van der Waals surface area contributed by atoms with E-state index in [1.807, 2.05) is 25.3 Å². The summed E-state index contributed by atoms with van der Waals surface area (Å²) < 4.78 is 2.29. The van der Waals surface area contributed by atoms with Crippen LogP contribution in [0.25, 0.3) is 21.6 Å². The molecule has 1 N–H and O–H groups in total. The molecule has 3 aromatic rings. The second-order valence-electron chi connectivity index (χ2n) is 5.91. The second kappa shape index (κ2) is 6.54. The maximum Gasteiger partial charge on any atom is 0.270 e. The normalized spacial score (nSPS) is 11.3. The minimum atomic E-state index is -0.111. The molecule has 3 rings (SSSR count). The van der Waals surface area contributed by atoms with Crippen molar-refractivity contribution in [2.24, 2.45) is 0 Å². The topological polar surface area (TPSA) is 46.9 Å². The number of aromatic nitrogens is 2. The van der Waals surface area contributed by atoms with E-state index in [4.69, 9.17) is 0 Å². The zero-order valence-corrected chi connectivity index (χ0v) is 14.5. The minimum Gasteiger partial charge on any atom is -0.349 e. The second-order valence-corrected chi connectivity index (χ2v) is 6.76. The van der Waals surface area contributed by atoms with Crippen molar-refractivity contribution < 1.29 is 4.79 Å². The van der Waals surface area contributed by atoms with Gasteiger partial charge < -0.3 is 9.88 Å². The largest absolute Gasteiger partial charge is 0.349 e. The van der Waals surface area contributed by atoms with Gasteiger partial charge >= 0.3 is 0 Å². The lowest BCUT2D eigenvalue weighted by atomic mass is 10.2. The number of thiazole rings is 1. The molecule has 0 fully saturated rings. The number of carbonyl (C=O) groups excluding carboxylic acids is 1. The van der Waals surface area contributed by atoms with E-state index in [-0.39, 0.29) is 11.9 Å². The summed E-state index contributed by atoms with van der Waals surface area (Å²) in [4.78, 5) is 16.7. The van der Waals surface area contributed by atoms with Crippen molar-refractivity contribution in [2.75, 3.05) is 0 Å². The maximum absolute atomic E-state index is 12.1. The van der Waals surface area contributed by atoms with Crippen LogP contribution < -0.4 is 5.32 Å². The molecule has 0 saturated carbocycles. The first-order chi connectivity index (χ1) is 11.1. The Balaban J connectivity index is 2.02. The molecule has 2 aromatic heterocycles. The van der Waals surface area contributed by atoms with Gasteiger partial charge in [0, 0.05) is 28.9 Å². The Morgan fingerprint density at radius 3 is 2.87 bits per heavy atom. The van der Waals surface area contributed by atoms with Crippen molar-refractivity contribution in [1.29, 1.82) is 0 Å². The molecule has 0 atom stereocenters. The quantitative estimate of drug-likeness (QED) is 0.759. The van der Waals surface area contributed by atoms with Gasteiger partial charge in [0.15, 0.2) is 0 Å². The highest BCUT2D eigenvalue weighted by molar-refractivity contribution is 7.13. The monoisotopic (exact) mass is 327 g/mol. The average molecular weight is 327 g/mol. The van der Waals surface area contributed by atoms with Crippen LogP contribution in [0.5, 0.6) is 0 Å². The number of fused-ring (bicyclic) bond motifs is 1. The first kappa shape index (κ1) is 15.7. The van der Waals surface area contributed by atoms with E-state index >= 15 is 0 Å². The number of para-hydroxylation sites is 1. The molecule has 0 aliphatic heterocycles. The van der Waals surface area contributed by atoms with Crippen LogP contribution in [0, 0.1) is 0 Å². The molecular formula is C18H21N3OS. The van der Waals surface area contributed by atoms with E-state index in [1.54, 1.807) is 0 Å². The molecular weight excluding hydrogens is 306 g/mol. The number of nitrogens with zero attached hydrogens (tertiary/aromatic N) is 2. The van der Waals surface area contributed by atoms with Gasteiger partial charge in [0.25, 0.3) is 5.91 Å². The molecule has 0 aliphatic rings. The summed E-state index contributed by atoms with van der Waals surface area (Å²) in [6.07, 6.45) is 1.05. The van der Waals surface area contributed by atoms with Gasteiger partial charge in [0.1, 0.15) is 10.7 Å². The Bertz CT molecular complexity index is 832. The third kappa shape index (κ3) is 3.15. The molecule has 0 saturated heterocycles. The van der Waals surface area contributed by atoms with Crippen LogP contribution in [0.4, 0.5) is 0 Å². The molecule has 1 amide bonds. The van der Waals surface area contributed by atoms with E-state index in [2.05, 4.69) is 46.1 Å². The van der Waals surface area contributed by atoms with Gasteiger partial charge in [-0.25, -0.2) is 4.98 Å². The van der Waals surface area contributed by atoms with Crippen molar-refractivity contribution >= 4 is 28.1 Å². The average Bonchev–Trinajstić information content (AvgIpc) is 3.12. The fourth-order valence-electron chi connectivity index (χ4n) is 2.68. The van der Waals surface area contributed by atoms with Crippen LogP contribution in [-0.2, 0) is 6.54 Å². The molecule has 0 bridgehead atoms.